The van der Waals surface area contributed by atoms with Crippen molar-refractivity contribution in [2.24, 2.45) is 0 Å². The van der Waals surface area contributed by atoms with Gasteiger partial charge >= 0.3 is 0 Å². The number of aromatic nitrogens is 4. The number of benzene rings is 9. The molecule has 9 aromatic carbocycles. The summed E-state index contributed by atoms with van der Waals surface area (Å²) in [5.41, 5.74) is 15.4. The summed E-state index contributed by atoms with van der Waals surface area (Å²) in [5, 5.41) is 10.1. The monoisotopic (exact) mass is 710 g/mol. The Kier molecular flexibility index (Phi) is 5.86. The molecule has 0 atom stereocenters. The number of para-hydroxylation sites is 5. The van der Waals surface area contributed by atoms with Crippen molar-refractivity contribution in [2.45, 2.75) is 0 Å². The highest BCUT2D eigenvalue weighted by molar-refractivity contribution is 6.37. The Hall–Kier alpha value is -7.56. The SMILES string of the molecule is c1ccc(-c2nc3ccccc3nc2-c2ccc(-c3ccc4c5c6ccccc6c6c7ccccc7n7c8ccccc8n(c4c3)c5c67)c3ccccc23)cc1. The molecule has 13 rings (SSSR count). The highest BCUT2D eigenvalue weighted by atomic mass is 15.0. The van der Waals surface area contributed by atoms with Crippen LogP contribution >= 0.6 is 0 Å². The Bertz CT molecular complexity index is 3720. The molecule has 0 N–H and O–H groups in total. The molecule has 4 heterocycles. The maximum absolute atomic E-state index is 5.29. The molecule has 0 aliphatic rings. The summed E-state index contributed by atoms with van der Waals surface area (Å²) >= 11 is 0. The second kappa shape index (κ2) is 11.0. The van der Waals surface area contributed by atoms with Crippen LogP contribution in [0.5, 0.6) is 0 Å². The van der Waals surface area contributed by atoms with Gasteiger partial charge in [-0.25, -0.2) is 9.97 Å². The maximum Gasteiger partial charge on any atom is 0.0979 e. The molecule has 56 heavy (non-hydrogen) atoms. The summed E-state index contributed by atoms with van der Waals surface area (Å²) in [6, 6.07) is 65.7. The van der Waals surface area contributed by atoms with Gasteiger partial charge in [-0.15, -0.1) is 0 Å². The van der Waals surface area contributed by atoms with Crippen LogP contribution in [0.25, 0.3) is 121 Å². The van der Waals surface area contributed by atoms with E-state index in [0.29, 0.717) is 0 Å². The fourth-order valence-corrected chi connectivity index (χ4v) is 9.69. The topological polar surface area (TPSA) is 34.6 Å². The first-order valence-corrected chi connectivity index (χ1v) is 19.2. The van der Waals surface area contributed by atoms with Crippen LogP contribution in [0, 0.1) is 0 Å². The van der Waals surface area contributed by atoms with Crippen LogP contribution in [0.1, 0.15) is 0 Å². The third-order valence-corrected chi connectivity index (χ3v) is 12.0. The van der Waals surface area contributed by atoms with Crippen molar-refractivity contribution in [2.75, 3.05) is 0 Å². The Balaban J connectivity index is 1.12. The van der Waals surface area contributed by atoms with Gasteiger partial charge in [0.05, 0.1) is 55.5 Å². The molecule has 0 bridgehead atoms. The van der Waals surface area contributed by atoms with Gasteiger partial charge in [-0.05, 0) is 69.1 Å². The first-order chi connectivity index (χ1) is 27.8. The molecule has 0 aliphatic carbocycles. The van der Waals surface area contributed by atoms with Crippen molar-refractivity contribution in [1.82, 2.24) is 18.8 Å². The second-order valence-electron chi connectivity index (χ2n) is 14.9. The highest BCUT2D eigenvalue weighted by Crippen LogP contribution is 2.48. The van der Waals surface area contributed by atoms with Crippen molar-refractivity contribution >= 4 is 87.2 Å². The van der Waals surface area contributed by atoms with Crippen LogP contribution in [0.15, 0.2) is 182 Å². The summed E-state index contributed by atoms with van der Waals surface area (Å²) in [4.78, 5) is 10.5. The minimum absolute atomic E-state index is 0.885. The van der Waals surface area contributed by atoms with E-state index in [4.69, 9.17) is 9.97 Å². The lowest BCUT2D eigenvalue weighted by atomic mass is 9.92. The van der Waals surface area contributed by atoms with Gasteiger partial charge in [0, 0.05) is 32.7 Å². The van der Waals surface area contributed by atoms with E-state index in [9.17, 15) is 0 Å². The van der Waals surface area contributed by atoms with Crippen molar-refractivity contribution < 1.29 is 0 Å². The van der Waals surface area contributed by atoms with Crippen LogP contribution in [-0.2, 0) is 0 Å². The van der Waals surface area contributed by atoms with Crippen molar-refractivity contribution in [3.63, 3.8) is 0 Å². The Morgan fingerprint density at radius 1 is 0.304 bits per heavy atom. The molecule has 4 aromatic heterocycles. The molecule has 258 valence electrons. The van der Waals surface area contributed by atoms with Gasteiger partial charge in [0.2, 0.25) is 0 Å². The molecule has 4 heteroatoms. The lowest BCUT2D eigenvalue weighted by Crippen LogP contribution is -1.97. The average Bonchev–Trinajstić information content (AvgIpc) is 3.80. The molecule has 4 nitrogen and oxygen atoms in total. The molecule has 0 radical (unpaired) electrons. The van der Waals surface area contributed by atoms with Gasteiger partial charge in [-0.3, -0.25) is 0 Å². The Morgan fingerprint density at radius 3 is 1.46 bits per heavy atom. The zero-order chi connectivity index (χ0) is 36.5. The van der Waals surface area contributed by atoms with Gasteiger partial charge in [-0.1, -0.05) is 146 Å². The Labute approximate surface area is 320 Å². The zero-order valence-corrected chi connectivity index (χ0v) is 30.1. The predicted octanol–water partition coefficient (Wildman–Crippen LogP) is 13.5. The largest absolute Gasteiger partial charge is 0.305 e. The molecular weight excluding hydrogens is 681 g/mol. The van der Waals surface area contributed by atoms with Gasteiger partial charge in [-0.2, -0.15) is 0 Å². The van der Waals surface area contributed by atoms with Crippen LogP contribution in [-0.4, -0.2) is 18.8 Å². The maximum atomic E-state index is 5.29. The summed E-state index contributed by atoms with van der Waals surface area (Å²) in [5.74, 6) is 0. The standard InChI is InChI=1S/C52H30N4/c1-2-14-31(15-3-1)49-50(54-42-22-10-9-21-41(42)53-49)38-29-28-33(34-16-4-5-17-35(34)38)32-26-27-40-46(30-32)56-45-25-13-12-24-44(45)55-43-23-11-8-20-39(43)47-36-18-6-7-19-37(36)48(40)52(56)51(47)55/h1-30H. The molecule has 13 aromatic rings. The van der Waals surface area contributed by atoms with Crippen molar-refractivity contribution in [3.05, 3.63) is 182 Å². The zero-order valence-electron chi connectivity index (χ0n) is 30.1. The van der Waals surface area contributed by atoms with Crippen LogP contribution < -0.4 is 0 Å². The van der Waals surface area contributed by atoms with Gasteiger partial charge in [0.15, 0.2) is 0 Å². The van der Waals surface area contributed by atoms with Crippen molar-refractivity contribution in [1.29, 1.82) is 0 Å². The van der Waals surface area contributed by atoms with Gasteiger partial charge in [0.25, 0.3) is 0 Å². The summed E-state index contributed by atoms with van der Waals surface area (Å²) < 4.78 is 5.03. The average molecular weight is 711 g/mol. The lowest BCUT2D eigenvalue weighted by Gasteiger charge is -2.15. The van der Waals surface area contributed by atoms with E-state index in [0.717, 1.165) is 38.9 Å². The third kappa shape index (κ3) is 3.87. The second-order valence-corrected chi connectivity index (χ2v) is 14.9. The normalized spacial score (nSPS) is 12.3. The fraction of sp³-hybridized carbons (Fsp3) is 0. The van der Waals surface area contributed by atoms with Gasteiger partial charge in [0.1, 0.15) is 0 Å². The predicted molar refractivity (Wildman–Crippen MR) is 234 cm³/mol. The summed E-state index contributed by atoms with van der Waals surface area (Å²) in [6.45, 7) is 0. The minimum Gasteiger partial charge on any atom is -0.305 e. The summed E-state index contributed by atoms with van der Waals surface area (Å²) in [6.07, 6.45) is 0. The smallest absolute Gasteiger partial charge is 0.0979 e. The number of fused-ring (bicyclic) bond motifs is 14. The first kappa shape index (κ1) is 29.8. The number of nitrogens with zero attached hydrogens (tertiary/aromatic N) is 4. The van der Waals surface area contributed by atoms with E-state index < -0.39 is 0 Å². The molecule has 0 aliphatic heterocycles. The highest BCUT2D eigenvalue weighted by Gasteiger charge is 2.25. The molecular formula is C52H30N4. The molecule has 0 fully saturated rings. The van der Waals surface area contributed by atoms with Crippen LogP contribution in [0.2, 0.25) is 0 Å². The number of hydrogen-bond donors (Lipinski definition) is 0. The van der Waals surface area contributed by atoms with E-state index in [1.165, 1.54) is 81.9 Å². The molecule has 0 unspecified atom stereocenters. The van der Waals surface area contributed by atoms with Crippen LogP contribution in [0.3, 0.4) is 0 Å². The quantitative estimate of drug-likeness (QED) is 0.171. The first-order valence-electron chi connectivity index (χ1n) is 19.2. The van der Waals surface area contributed by atoms with Gasteiger partial charge < -0.3 is 8.80 Å². The number of rotatable bonds is 3. The van der Waals surface area contributed by atoms with E-state index in [2.05, 4.69) is 167 Å². The van der Waals surface area contributed by atoms with E-state index in [-0.39, 0.29) is 0 Å². The fourth-order valence-electron chi connectivity index (χ4n) is 9.69. The van der Waals surface area contributed by atoms with E-state index >= 15 is 0 Å². The summed E-state index contributed by atoms with van der Waals surface area (Å²) in [7, 11) is 0. The van der Waals surface area contributed by atoms with E-state index in [1.54, 1.807) is 0 Å². The third-order valence-electron chi connectivity index (χ3n) is 12.0. The number of hydrogen-bond acceptors (Lipinski definition) is 2. The molecule has 0 saturated heterocycles. The van der Waals surface area contributed by atoms with Crippen LogP contribution in [0.4, 0.5) is 0 Å². The molecule has 0 saturated carbocycles. The molecule has 0 amide bonds. The van der Waals surface area contributed by atoms with E-state index in [1.807, 2.05) is 24.3 Å². The Morgan fingerprint density at radius 2 is 0.786 bits per heavy atom. The minimum atomic E-state index is 0.885. The van der Waals surface area contributed by atoms with Crippen molar-refractivity contribution in [3.8, 4) is 33.6 Å². The molecule has 0 spiro atoms. The lowest BCUT2D eigenvalue weighted by molar-refractivity contribution is 1.26.